The van der Waals surface area contributed by atoms with Crippen molar-refractivity contribution in [1.29, 1.82) is 0 Å². The summed E-state index contributed by atoms with van der Waals surface area (Å²) < 4.78 is 82.2. The van der Waals surface area contributed by atoms with Gasteiger partial charge in [0.1, 0.15) is 11.5 Å². The Labute approximate surface area is 316 Å². The van der Waals surface area contributed by atoms with Crippen molar-refractivity contribution < 1.29 is 41.0 Å². The molecule has 55 heavy (non-hydrogen) atoms. The van der Waals surface area contributed by atoms with Gasteiger partial charge in [-0.25, -0.2) is 4.79 Å². The molecule has 7 rings (SSSR count). The molecule has 13 heteroatoms. The number of carboxylic acid groups (broad SMARTS) is 1. The number of aromatic nitrogens is 1. The minimum atomic E-state index is -5.10. The van der Waals surface area contributed by atoms with E-state index in [-0.39, 0.29) is 6.42 Å². The Hall–Kier alpha value is -4.23. The van der Waals surface area contributed by atoms with Crippen molar-refractivity contribution >= 4 is 33.4 Å². The van der Waals surface area contributed by atoms with Gasteiger partial charge >= 0.3 is 18.3 Å². The number of nitrogens with zero attached hydrogens (tertiary/aromatic N) is 3. The molecule has 2 saturated heterocycles. The van der Waals surface area contributed by atoms with Crippen LogP contribution in [-0.2, 0) is 22.6 Å². The van der Waals surface area contributed by atoms with Crippen molar-refractivity contribution in [3.05, 3.63) is 78.0 Å². The van der Waals surface area contributed by atoms with E-state index in [1.165, 1.54) is 44.9 Å². The lowest BCUT2D eigenvalue weighted by Gasteiger charge is -2.44. The van der Waals surface area contributed by atoms with Crippen LogP contribution in [0.4, 0.5) is 26.3 Å². The molecule has 3 heterocycles. The third-order valence-corrected chi connectivity index (χ3v) is 12.5. The van der Waals surface area contributed by atoms with Crippen LogP contribution in [-0.4, -0.2) is 82.9 Å². The van der Waals surface area contributed by atoms with Gasteiger partial charge in [-0.15, -0.1) is 0 Å². The molecule has 7 nitrogen and oxygen atoms in total. The van der Waals surface area contributed by atoms with Gasteiger partial charge in [-0.05, 0) is 97.4 Å². The number of halogens is 6. The minimum absolute atomic E-state index is 0.319. The molecule has 294 valence electrons. The van der Waals surface area contributed by atoms with Crippen LogP contribution in [0, 0.1) is 10.8 Å². The molecular formula is C42H46F6N4O3. The molecule has 0 radical (unpaired) electrons. The van der Waals surface area contributed by atoms with Gasteiger partial charge in [0.2, 0.25) is 5.91 Å². The number of amides is 1. The number of carbonyl (C=O) groups excluding carboxylic acids is 1. The van der Waals surface area contributed by atoms with Gasteiger partial charge in [-0.2, -0.15) is 26.3 Å². The Morgan fingerprint density at radius 3 is 1.98 bits per heavy atom. The summed E-state index contributed by atoms with van der Waals surface area (Å²) in [7, 11) is 0. The molecule has 0 unspecified atom stereocenters. The number of pyridine rings is 1. The van der Waals surface area contributed by atoms with Gasteiger partial charge in [0.05, 0.1) is 12.2 Å². The Kier molecular flexibility index (Phi) is 10.9. The Morgan fingerprint density at radius 2 is 1.33 bits per heavy atom. The molecule has 1 spiro atoms. The molecule has 0 bridgehead atoms. The van der Waals surface area contributed by atoms with Crippen molar-refractivity contribution in [3.63, 3.8) is 0 Å². The normalized spacial score (nSPS) is 20.1. The van der Waals surface area contributed by atoms with E-state index in [4.69, 9.17) is 4.98 Å². The highest BCUT2D eigenvalue weighted by Gasteiger charge is 2.61. The summed E-state index contributed by atoms with van der Waals surface area (Å²) in [4.78, 5) is 34.2. The lowest BCUT2D eigenvalue weighted by molar-refractivity contribution is -0.236. The lowest BCUT2D eigenvalue weighted by atomic mass is 9.68. The molecule has 1 amide bonds. The molecule has 2 N–H and O–H groups in total. The second-order valence-electron chi connectivity index (χ2n) is 15.9. The van der Waals surface area contributed by atoms with Crippen LogP contribution in [0.1, 0.15) is 68.9 Å². The van der Waals surface area contributed by atoms with Crippen molar-refractivity contribution in [3.8, 4) is 11.3 Å². The maximum absolute atomic E-state index is 14.5. The van der Waals surface area contributed by atoms with E-state index in [0.717, 1.165) is 57.5 Å². The predicted octanol–water partition coefficient (Wildman–Crippen LogP) is 8.92. The van der Waals surface area contributed by atoms with Crippen molar-refractivity contribution in [1.82, 2.24) is 20.1 Å². The van der Waals surface area contributed by atoms with Gasteiger partial charge in [0, 0.05) is 30.1 Å². The summed E-state index contributed by atoms with van der Waals surface area (Å²) in [5.41, 5.74) is 0.677. The average molecular weight is 769 g/mol. The van der Waals surface area contributed by atoms with Gasteiger partial charge < -0.3 is 10.4 Å². The third-order valence-electron chi connectivity index (χ3n) is 12.5. The van der Waals surface area contributed by atoms with E-state index < -0.39 is 68.2 Å². The molecule has 4 aromatic rings. The SMILES string of the molecule is O=C(O)[C@H](Cc1cccc2c(-c3ncc(CN4CCC5(CCCCC5)CC4)c4ccccc34)cccc12)NC(=O)C1(C(F)(F)F)CCN(CC(F)(F)F)CC1. The molecule has 2 aliphatic heterocycles. The number of carbonyl (C=O) groups is 2. The summed E-state index contributed by atoms with van der Waals surface area (Å²) in [6, 6.07) is 17.2. The number of hydrogen-bond donors (Lipinski definition) is 2. The zero-order chi connectivity index (χ0) is 39.0. The van der Waals surface area contributed by atoms with Crippen molar-refractivity contribution in [2.24, 2.45) is 10.8 Å². The molecule has 1 atom stereocenters. The number of nitrogens with one attached hydrogen (secondary N) is 1. The standard InChI is InChI=1S/C42H46F6N4O3/c43-41(44,45)27-52-22-18-40(19-23-52,42(46,47)48)38(55)50-35(37(53)54)24-28-8-6-12-32-30(28)11-7-13-34(32)36-33-10-3-2-9-31(33)29(25-49-36)26-51-20-16-39(17-21-51)14-4-1-5-15-39/h2-3,6-13,25,35H,1,4-5,14-24,26-27H2,(H,50,55)(H,53,54)/t35-/m0/s1. The molecule has 1 saturated carbocycles. The van der Waals surface area contributed by atoms with E-state index in [1.54, 1.807) is 18.2 Å². The fourth-order valence-electron chi connectivity index (χ4n) is 9.28. The quantitative estimate of drug-likeness (QED) is 0.166. The zero-order valence-electron chi connectivity index (χ0n) is 30.6. The second kappa shape index (κ2) is 15.4. The first kappa shape index (κ1) is 39.0. The number of likely N-dealkylation sites (tertiary alicyclic amines) is 2. The van der Waals surface area contributed by atoms with E-state index in [1.807, 2.05) is 42.6 Å². The molecule has 3 aromatic carbocycles. The van der Waals surface area contributed by atoms with E-state index in [2.05, 4.69) is 16.3 Å². The van der Waals surface area contributed by atoms with Crippen LogP contribution in [0.3, 0.4) is 0 Å². The Balaban J connectivity index is 1.12. The number of piperidine rings is 2. The van der Waals surface area contributed by atoms with Crippen LogP contribution in [0.25, 0.3) is 32.8 Å². The summed E-state index contributed by atoms with van der Waals surface area (Å²) in [5, 5.41) is 15.7. The van der Waals surface area contributed by atoms with Gasteiger partial charge in [0.25, 0.3) is 0 Å². The van der Waals surface area contributed by atoms with E-state index in [0.29, 0.717) is 16.4 Å². The predicted molar refractivity (Wildman–Crippen MR) is 198 cm³/mol. The van der Waals surface area contributed by atoms with Crippen LogP contribution < -0.4 is 5.32 Å². The topological polar surface area (TPSA) is 85.8 Å². The average Bonchev–Trinajstić information content (AvgIpc) is 3.15. The number of benzene rings is 3. The molecular weight excluding hydrogens is 722 g/mol. The van der Waals surface area contributed by atoms with Gasteiger partial charge in [-0.3, -0.25) is 19.6 Å². The first-order chi connectivity index (χ1) is 26.2. The highest BCUT2D eigenvalue weighted by molar-refractivity contribution is 6.05. The summed E-state index contributed by atoms with van der Waals surface area (Å²) in [6.07, 6.45) is -0.759. The first-order valence-electron chi connectivity index (χ1n) is 19.2. The molecule has 1 aliphatic carbocycles. The third kappa shape index (κ3) is 8.19. The minimum Gasteiger partial charge on any atom is -0.480 e. The largest absolute Gasteiger partial charge is 0.480 e. The molecule has 1 aromatic heterocycles. The number of hydrogen-bond acceptors (Lipinski definition) is 5. The summed E-state index contributed by atoms with van der Waals surface area (Å²) in [6.45, 7) is 0.318. The molecule has 3 aliphatic rings. The summed E-state index contributed by atoms with van der Waals surface area (Å²) in [5.74, 6) is -3.08. The smallest absolute Gasteiger partial charge is 0.403 e. The highest BCUT2D eigenvalue weighted by Crippen LogP contribution is 2.48. The number of carboxylic acids is 1. The monoisotopic (exact) mass is 768 g/mol. The van der Waals surface area contributed by atoms with E-state index >= 15 is 0 Å². The fourth-order valence-corrected chi connectivity index (χ4v) is 9.28. The van der Waals surface area contributed by atoms with Gasteiger partial charge in [0.15, 0.2) is 0 Å². The first-order valence-corrected chi connectivity index (χ1v) is 19.2. The maximum atomic E-state index is 14.5. The number of aliphatic carboxylic acids is 1. The highest BCUT2D eigenvalue weighted by atomic mass is 19.4. The fraction of sp³-hybridized carbons (Fsp3) is 0.500. The Bertz CT molecular complexity index is 2030. The summed E-state index contributed by atoms with van der Waals surface area (Å²) >= 11 is 0. The van der Waals surface area contributed by atoms with Crippen LogP contribution >= 0.6 is 0 Å². The Morgan fingerprint density at radius 1 is 0.727 bits per heavy atom. The van der Waals surface area contributed by atoms with Crippen molar-refractivity contribution in [2.45, 2.75) is 89.1 Å². The lowest BCUT2D eigenvalue weighted by Crippen LogP contribution is -2.59. The second-order valence-corrected chi connectivity index (χ2v) is 15.9. The van der Waals surface area contributed by atoms with Crippen LogP contribution in [0.5, 0.6) is 0 Å². The van der Waals surface area contributed by atoms with Crippen molar-refractivity contribution in [2.75, 3.05) is 32.7 Å². The maximum Gasteiger partial charge on any atom is 0.403 e. The molecule has 3 fully saturated rings. The number of fused-ring (bicyclic) bond motifs is 2. The van der Waals surface area contributed by atoms with Crippen LogP contribution in [0.2, 0.25) is 0 Å². The van der Waals surface area contributed by atoms with Gasteiger partial charge in [-0.1, -0.05) is 79.9 Å². The van der Waals surface area contributed by atoms with E-state index in [9.17, 15) is 41.0 Å². The number of rotatable bonds is 9. The zero-order valence-corrected chi connectivity index (χ0v) is 30.6. The van der Waals surface area contributed by atoms with Crippen LogP contribution in [0.15, 0.2) is 66.9 Å². The number of alkyl halides is 6.